The molecule has 3 rings (SSSR count). The molecule has 32 heavy (non-hydrogen) atoms. The quantitative estimate of drug-likeness (QED) is 0.444. The summed E-state index contributed by atoms with van der Waals surface area (Å²) in [5.41, 5.74) is 2.18. The second-order valence-electron chi connectivity index (χ2n) is 7.73. The number of thiophene rings is 2. The van der Waals surface area contributed by atoms with Crippen molar-refractivity contribution in [3.05, 3.63) is 66.0 Å². The lowest BCUT2D eigenvalue weighted by atomic mass is 9.91. The van der Waals surface area contributed by atoms with Gasteiger partial charge in [-0.15, -0.1) is 22.7 Å². The first-order valence-corrected chi connectivity index (χ1v) is 11.7. The van der Waals surface area contributed by atoms with E-state index in [1.807, 2.05) is 24.3 Å². The second-order valence-corrected chi connectivity index (χ2v) is 10.2. The van der Waals surface area contributed by atoms with Crippen molar-refractivity contribution in [2.24, 2.45) is 0 Å². The van der Waals surface area contributed by atoms with Crippen molar-refractivity contribution in [3.63, 3.8) is 0 Å². The Kier molecular flexibility index (Phi) is 6.95. The summed E-state index contributed by atoms with van der Waals surface area (Å²) >= 11 is 2.52. The van der Waals surface area contributed by atoms with Gasteiger partial charge in [0, 0.05) is 9.75 Å². The van der Waals surface area contributed by atoms with E-state index in [0.717, 1.165) is 11.1 Å². The van der Waals surface area contributed by atoms with Crippen molar-refractivity contribution in [1.29, 1.82) is 0 Å². The van der Waals surface area contributed by atoms with E-state index in [4.69, 9.17) is 9.47 Å². The monoisotopic (exact) mass is 474 g/mol. The predicted octanol–water partition coefficient (Wildman–Crippen LogP) is 5.71. The van der Waals surface area contributed by atoms with Crippen LogP contribution in [0.25, 0.3) is 0 Å². The van der Waals surface area contributed by atoms with Crippen LogP contribution in [0.5, 0.6) is 11.5 Å². The Labute approximate surface area is 195 Å². The van der Waals surface area contributed by atoms with Crippen molar-refractivity contribution >= 4 is 34.6 Å². The SMILES string of the molecule is COC(=O)c1c(C)sc(C(c2ccc(C(C)C)cc2)c2sc(C)c(C(=O)OC)c2O)c1O. The molecule has 1 aromatic carbocycles. The number of esters is 2. The van der Waals surface area contributed by atoms with Gasteiger partial charge >= 0.3 is 11.9 Å². The number of carbonyl (C=O) groups excluding carboxylic acids is 2. The average Bonchev–Trinajstić information content (AvgIpc) is 3.22. The first kappa shape index (κ1) is 23.8. The van der Waals surface area contributed by atoms with Crippen molar-refractivity contribution in [3.8, 4) is 11.5 Å². The Morgan fingerprint density at radius 3 is 1.50 bits per heavy atom. The van der Waals surface area contributed by atoms with E-state index in [1.165, 1.54) is 36.9 Å². The highest BCUT2D eigenvalue weighted by molar-refractivity contribution is 7.14. The number of rotatable bonds is 6. The molecule has 0 aliphatic heterocycles. The summed E-state index contributed by atoms with van der Waals surface area (Å²) in [6.45, 7) is 7.66. The molecule has 0 spiro atoms. The van der Waals surface area contributed by atoms with Crippen LogP contribution in [0.3, 0.4) is 0 Å². The van der Waals surface area contributed by atoms with Crippen molar-refractivity contribution in [2.75, 3.05) is 14.2 Å². The summed E-state index contributed by atoms with van der Waals surface area (Å²) in [4.78, 5) is 26.7. The van der Waals surface area contributed by atoms with E-state index in [0.29, 0.717) is 25.4 Å². The fourth-order valence-electron chi connectivity index (χ4n) is 3.68. The summed E-state index contributed by atoms with van der Waals surface area (Å²) in [7, 11) is 2.52. The lowest BCUT2D eigenvalue weighted by molar-refractivity contribution is 0.0588. The van der Waals surface area contributed by atoms with Gasteiger partial charge < -0.3 is 19.7 Å². The normalized spacial score (nSPS) is 11.2. The van der Waals surface area contributed by atoms with Gasteiger partial charge in [-0.1, -0.05) is 38.1 Å². The number of hydrogen-bond donors (Lipinski definition) is 2. The molecule has 0 unspecified atom stereocenters. The van der Waals surface area contributed by atoms with Gasteiger partial charge in [0.05, 0.1) is 29.9 Å². The lowest BCUT2D eigenvalue weighted by Gasteiger charge is -2.17. The molecule has 6 nitrogen and oxygen atoms in total. The van der Waals surface area contributed by atoms with Gasteiger partial charge in [-0.2, -0.15) is 0 Å². The number of carbonyl (C=O) groups is 2. The summed E-state index contributed by atoms with van der Waals surface area (Å²) in [6, 6.07) is 7.89. The second kappa shape index (κ2) is 9.34. The summed E-state index contributed by atoms with van der Waals surface area (Å²) in [5, 5.41) is 22.0. The summed E-state index contributed by atoms with van der Waals surface area (Å²) in [5.74, 6) is -1.85. The maximum absolute atomic E-state index is 12.3. The first-order chi connectivity index (χ1) is 15.1. The Morgan fingerprint density at radius 1 is 0.781 bits per heavy atom. The summed E-state index contributed by atoms with van der Waals surface area (Å²) < 4.78 is 9.67. The fraction of sp³-hybridized carbons (Fsp3) is 0.333. The van der Waals surface area contributed by atoms with Crippen molar-refractivity contribution < 1.29 is 29.3 Å². The Bertz CT molecular complexity index is 1090. The van der Waals surface area contributed by atoms with Gasteiger partial charge in [-0.05, 0) is 30.9 Å². The zero-order valence-corrected chi connectivity index (χ0v) is 20.4. The molecular weight excluding hydrogens is 448 g/mol. The van der Waals surface area contributed by atoms with Gasteiger partial charge in [0.2, 0.25) is 0 Å². The predicted molar refractivity (Wildman–Crippen MR) is 126 cm³/mol. The van der Waals surface area contributed by atoms with Crippen LogP contribution in [-0.4, -0.2) is 36.4 Å². The van der Waals surface area contributed by atoms with Crippen LogP contribution in [-0.2, 0) is 9.47 Å². The third-order valence-electron chi connectivity index (χ3n) is 5.41. The Hall–Kier alpha value is -2.84. The van der Waals surface area contributed by atoms with E-state index in [-0.39, 0.29) is 22.6 Å². The molecule has 0 atom stereocenters. The minimum absolute atomic E-state index is 0.109. The minimum atomic E-state index is -0.627. The molecule has 0 aliphatic carbocycles. The number of aryl methyl sites for hydroxylation is 2. The number of hydrogen-bond acceptors (Lipinski definition) is 8. The molecule has 0 radical (unpaired) electrons. The molecular formula is C24H26O6S2. The number of aromatic hydroxyl groups is 2. The zero-order valence-electron chi connectivity index (χ0n) is 18.8. The third-order valence-corrected chi connectivity index (χ3v) is 7.73. The first-order valence-electron chi connectivity index (χ1n) is 10.0. The van der Waals surface area contributed by atoms with E-state index >= 15 is 0 Å². The molecule has 0 amide bonds. The fourth-order valence-corrected chi connectivity index (χ4v) is 6.12. The van der Waals surface area contributed by atoms with E-state index < -0.39 is 17.9 Å². The molecule has 0 saturated carbocycles. The van der Waals surface area contributed by atoms with Gasteiger partial charge in [0.15, 0.2) is 0 Å². The molecule has 2 heterocycles. The molecule has 170 valence electrons. The van der Waals surface area contributed by atoms with E-state index in [2.05, 4.69) is 13.8 Å². The molecule has 2 N–H and O–H groups in total. The van der Waals surface area contributed by atoms with Crippen molar-refractivity contribution in [1.82, 2.24) is 0 Å². The topological polar surface area (TPSA) is 93.1 Å². The lowest BCUT2D eigenvalue weighted by Crippen LogP contribution is -2.05. The van der Waals surface area contributed by atoms with Gasteiger partial charge in [0.25, 0.3) is 0 Å². The maximum Gasteiger partial charge on any atom is 0.342 e. The van der Waals surface area contributed by atoms with Crippen LogP contribution in [0.1, 0.15) is 77.0 Å². The highest BCUT2D eigenvalue weighted by atomic mass is 32.1. The summed E-state index contributed by atoms with van der Waals surface area (Å²) in [6.07, 6.45) is 0. The highest BCUT2D eigenvalue weighted by Gasteiger charge is 2.34. The molecule has 0 saturated heterocycles. The largest absolute Gasteiger partial charge is 0.506 e. The third kappa shape index (κ3) is 4.12. The molecule has 8 heteroatoms. The van der Waals surface area contributed by atoms with Crippen LogP contribution in [0.4, 0.5) is 0 Å². The Morgan fingerprint density at radius 2 is 1.16 bits per heavy atom. The number of ether oxygens (including phenoxy) is 2. The minimum Gasteiger partial charge on any atom is -0.506 e. The average molecular weight is 475 g/mol. The van der Waals surface area contributed by atoms with Gasteiger partial charge in [-0.25, -0.2) is 9.59 Å². The Balaban J connectivity index is 2.28. The van der Waals surface area contributed by atoms with Crippen LogP contribution >= 0.6 is 22.7 Å². The molecule has 0 aliphatic rings. The molecule has 0 fully saturated rings. The standard InChI is InChI=1S/C24H26O6S2/c1-11(2)14-7-9-15(10-8-14)18(21-19(25)16(12(3)31-21)23(27)29-5)22-20(26)17(13(4)32-22)24(28)30-6/h7-11,18,25-26H,1-6H3. The van der Waals surface area contributed by atoms with Crippen LogP contribution in [0.15, 0.2) is 24.3 Å². The molecule has 2 aromatic heterocycles. The maximum atomic E-state index is 12.3. The van der Waals surface area contributed by atoms with Crippen LogP contribution in [0, 0.1) is 13.8 Å². The molecule has 0 bridgehead atoms. The van der Waals surface area contributed by atoms with Gasteiger partial charge in [-0.3, -0.25) is 0 Å². The number of methoxy groups -OCH3 is 2. The van der Waals surface area contributed by atoms with E-state index in [9.17, 15) is 19.8 Å². The van der Waals surface area contributed by atoms with Gasteiger partial charge in [0.1, 0.15) is 22.6 Å². The molecule has 3 aromatic rings. The van der Waals surface area contributed by atoms with Crippen LogP contribution in [0.2, 0.25) is 0 Å². The highest BCUT2D eigenvalue weighted by Crippen LogP contribution is 2.50. The van der Waals surface area contributed by atoms with Crippen LogP contribution < -0.4 is 0 Å². The van der Waals surface area contributed by atoms with E-state index in [1.54, 1.807) is 13.8 Å². The van der Waals surface area contributed by atoms with Crippen molar-refractivity contribution in [2.45, 2.75) is 39.5 Å². The zero-order chi connectivity index (χ0) is 23.7. The smallest absolute Gasteiger partial charge is 0.342 e. The number of benzene rings is 1.